The van der Waals surface area contributed by atoms with Gasteiger partial charge in [-0.25, -0.2) is 9.99 Å². The van der Waals surface area contributed by atoms with Crippen LogP contribution in [-0.2, 0) is 4.74 Å². The second kappa shape index (κ2) is 8.16. The molecule has 0 bridgehead atoms. The number of nitrogens with one attached hydrogen (secondary N) is 2. The maximum absolute atomic E-state index is 12.9. The minimum absolute atomic E-state index is 0.173. The number of aryl methyl sites for hydroxylation is 2. The molecule has 3 rings (SSSR count). The van der Waals surface area contributed by atoms with Gasteiger partial charge in [0.1, 0.15) is 11.6 Å². The number of amides is 1. The van der Waals surface area contributed by atoms with E-state index in [2.05, 4.69) is 15.7 Å². The highest BCUT2D eigenvalue weighted by Gasteiger charge is 2.20. The molecule has 0 aliphatic carbocycles. The summed E-state index contributed by atoms with van der Waals surface area (Å²) in [7, 11) is 1.63. The lowest BCUT2D eigenvalue weighted by molar-refractivity contribution is 0.0126. The van der Waals surface area contributed by atoms with E-state index in [-0.39, 0.29) is 5.91 Å². The van der Waals surface area contributed by atoms with Crippen LogP contribution in [0.5, 0.6) is 5.75 Å². The number of hydrogen-bond donors (Lipinski definition) is 2. The Morgan fingerprint density at radius 2 is 1.88 bits per heavy atom. The lowest BCUT2D eigenvalue weighted by atomic mass is 10.1. The van der Waals surface area contributed by atoms with Crippen LogP contribution in [0.3, 0.4) is 0 Å². The van der Waals surface area contributed by atoms with Gasteiger partial charge >= 0.3 is 0 Å². The van der Waals surface area contributed by atoms with E-state index >= 15 is 0 Å². The van der Waals surface area contributed by atoms with E-state index in [0.717, 1.165) is 22.7 Å². The zero-order valence-electron chi connectivity index (χ0n) is 15.3. The molecule has 0 spiro atoms. The number of ether oxygens (including phenoxy) is 2. The van der Waals surface area contributed by atoms with Crippen molar-refractivity contribution in [3.63, 3.8) is 0 Å². The number of benzene rings is 1. The number of morpholine rings is 1. The van der Waals surface area contributed by atoms with Crippen molar-refractivity contribution in [1.29, 1.82) is 0 Å². The molecule has 0 atom stereocenters. The Hall–Kier alpha value is -2.64. The summed E-state index contributed by atoms with van der Waals surface area (Å²) in [6, 6.07) is 9.41. The number of rotatable bonds is 5. The zero-order valence-corrected chi connectivity index (χ0v) is 15.3. The summed E-state index contributed by atoms with van der Waals surface area (Å²) in [4.78, 5) is 17.4. The molecule has 2 N–H and O–H groups in total. The summed E-state index contributed by atoms with van der Waals surface area (Å²) in [6.45, 7) is 6.40. The van der Waals surface area contributed by atoms with E-state index in [1.54, 1.807) is 7.11 Å². The predicted octanol–water partition coefficient (Wildman–Crippen LogP) is 2.43. The third kappa shape index (κ3) is 4.30. The van der Waals surface area contributed by atoms with Crippen LogP contribution in [0.25, 0.3) is 0 Å². The molecule has 0 unspecified atom stereocenters. The minimum Gasteiger partial charge on any atom is -0.497 e. The predicted molar refractivity (Wildman–Crippen MR) is 99.8 cm³/mol. The number of carbonyl (C=O) groups excluding carboxylic acids is 1. The normalized spacial score (nSPS) is 14.7. The summed E-state index contributed by atoms with van der Waals surface area (Å²) >= 11 is 0. The van der Waals surface area contributed by atoms with Crippen LogP contribution in [0.1, 0.15) is 21.6 Å². The lowest BCUT2D eigenvalue weighted by Gasteiger charge is -2.27. The van der Waals surface area contributed by atoms with Crippen LogP contribution >= 0.6 is 0 Å². The summed E-state index contributed by atoms with van der Waals surface area (Å²) in [5.41, 5.74) is 6.05. The Morgan fingerprint density at radius 1 is 1.19 bits per heavy atom. The van der Waals surface area contributed by atoms with Gasteiger partial charge in [-0.15, -0.1) is 0 Å². The van der Waals surface area contributed by atoms with Crippen LogP contribution in [-0.4, -0.2) is 49.3 Å². The maximum Gasteiger partial charge on any atom is 0.269 e. The Balaban J connectivity index is 1.84. The first-order valence-electron chi connectivity index (χ1n) is 8.60. The smallest absolute Gasteiger partial charge is 0.269 e. The second-order valence-electron chi connectivity index (χ2n) is 6.20. The van der Waals surface area contributed by atoms with Crippen molar-refractivity contribution >= 4 is 17.4 Å². The number of aromatic nitrogens is 1. The second-order valence-corrected chi connectivity index (χ2v) is 6.20. The highest BCUT2D eigenvalue weighted by atomic mass is 16.5. The Kier molecular flexibility index (Phi) is 5.70. The topological polar surface area (TPSA) is 75.7 Å². The molecule has 1 amide bonds. The average Bonchev–Trinajstić information content (AvgIpc) is 2.62. The minimum atomic E-state index is -0.173. The first kappa shape index (κ1) is 18.2. The van der Waals surface area contributed by atoms with Gasteiger partial charge in [-0.1, -0.05) is 0 Å². The lowest BCUT2D eigenvalue weighted by Crippen LogP contribution is -2.48. The fraction of sp³-hybridized carbons (Fsp3) is 0.368. The molecule has 1 aliphatic heterocycles. The van der Waals surface area contributed by atoms with Crippen LogP contribution in [0.4, 0.5) is 11.5 Å². The van der Waals surface area contributed by atoms with Gasteiger partial charge in [-0.3, -0.25) is 10.2 Å². The largest absolute Gasteiger partial charge is 0.497 e. The Labute approximate surface area is 153 Å². The molecule has 26 heavy (non-hydrogen) atoms. The first-order chi connectivity index (χ1) is 12.6. The van der Waals surface area contributed by atoms with Gasteiger partial charge in [0.2, 0.25) is 0 Å². The molecular weight excluding hydrogens is 332 g/mol. The van der Waals surface area contributed by atoms with Crippen molar-refractivity contribution in [3.05, 3.63) is 47.2 Å². The van der Waals surface area contributed by atoms with Crippen LogP contribution in [0.15, 0.2) is 30.3 Å². The van der Waals surface area contributed by atoms with Crippen molar-refractivity contribution in [2.75, 3.05) is 38.7 Å². The fourth-order valence-electron chi connectivity index (χ4n) is 2.90. The molecule has 138 valence electrons. The van der Waals surface area contributed by atoms with Gasteiger partial charge in [-0.05, 0) is 49.7 Å². The molecular formula is C19H24N4O3. The number of nitrogens with zero attached hydrogens (tertiary/aromatic N) is 2. The van der Waals surface area contributed by atoms with Gasteiger partial charge < -0.3 is 14.8 Å². The summed E-state index contributed by atoms with van der Waals surface area (Å²) in [6.07, 6.45) is 0. The molecule has 7 nitrogen and oxygen atoms in total. The highest BCUT2D eigenvalue weighted by Crippen LogP contribution is 2.24. The maximum atomic E-state index is 12.9. The molecule has 1 fully saturated rings. The monoisotopic (exact) mass is 356 g/mol. The van der Waals surface area contributed by atoms with Crippen molar-refractivity contribution < 1.29 is 14.3 Å². The number of hydrazine groups is 1. The third-order valence-electron chi connectivity index (χ3n) is 4.20. The van der Waals surface area contributed by atoms with Gasteiger partial charge in [0.05, 0.1) is 25.9 Å². The zero-order chi connectivity index (χ0) is 18.5. The Bertz CT molecular complexity index is 771. The third-order valence-corrected chi connectivity index (χ3v) is 4.20. The van der Waals surface area contributed by atoms with E-state index in [4.69, 9.17) is 9.47 Å². The Morgan fingerprint density at radius 3 is 2.54 bits per heavy atom. The summed E-state index contributed by atoms with van der Waals surface area (Å²) < 4.78 is 10.5. The molecule has 0 radical (unpaired) electrons. The number of pyridine rings is 1. The summed E-state index contributed by atoms with van der Waals surface area (Å²) in [5.74, 6) is 1.14. The van der Waals surface area contributed by atoms with E-state index in [9.17, 15) is 4.79 Å². The fourth-order valence-corrected chi connectivity index (χ4v) is 2.90. The number of carbonyl (C=O) groups is 1. The van der Waals surface area contributed by atoms with Gasteiger partial charge in [0.15, 0.2) is 0 Å². The van der Waals surface area contributed by atoms with E-state index in [0.29, 0.717) is 37.7 Å². The molecule has 1 aliphatic rings. The van der Waals surface area contributed by atoms with E-state index < -0.39 is 0 Å². The average molecular weight is 356 g/mol. The summed E-state index contributed by atoms with van der Waals surface area (Å²) in [5, 5.41) is 5.13. The van der Waals surface area contributed by atoms with Crippen LogP contribution in [0, 0.1) is 13.8 Å². The number of anilines is 2. The van der Waals surface area contributed by atoms with Crippen LogP contribution in [0.2, 0.25) is 0 Å². The molecule has 7 heteroatoms. The quantitative estimate of drug-likeness (QED) is 0.857. The molecule has 1 aromatic heterocycles. The van der Waals surface area contributed by atoms with Crippen molar-refractivity contribution in [3.8, 4) is 5.75 Å². The van der Waals surface area contributed by atoms with E-state index in [1.165, 1.54) is 0 Å². The van der Waals surface area contributed by atoms with Gasteiger partial charge in [0, 0.05) is 24.5 Å². The number of methoxy groups -OCH3 is 1. The number of hydrogen-bond acceptors (Lipinski definition) is 6. The van der Waals surface area contributed by atoms with E-state index in [1.807, 2.05) is 49.2 Å². The molecule has 2 heterocycles. The molecule has 1 saturated heterocycles. The van der Waals surface area contributed by atoms with Gasteiger partial charge in [0.25, 0.3) is 5.91 Å². The molecule has 2 aromatic rings. The first-order valence-corrected chi connectivity index (χ1v) is 8.60. The molecule has 1 aromatic carbocycles. The van der Waals surface area contributed by atoms with Crippen molar-refractivity contribution in [1.82, 2.24) is 15.4 Å². The van der Waals surface area contributed by atoms with Crippen molar-refractivity contribution in [2.24, 2.45) is 0 Å². The van der Waals surface area contributed by atoms with Crippen molar-refractivity contribution in [2.45, 2.75) is 13.8 Å². The SMILES string of the molecule is COc1ccc(Nc2nc(C)cc(C)c2C(=O)NN2CCOCC2)cc1. The molecule has 0 saturated carbocycles. The van der Waals surface area contributed by atoms with Crippen LogP contribution < -0.4 is 15.5 Å². The standard InChI is InChI=1S/C19H24N4O3/c1-13-12-14(2)20-18(21-15-4-6-16(25-3)7-5-15)17(13)19(24)22-23-8-10-26-11-9-23/h4-7,12H,8-11H2,1-3H3,(H,20,21)(H,22,24). The highest BCUT2D eigenvalue weighted by molar-refractivity contribution is 6.00. The van der Waals surface area contributed by atoms with Gasteiger partial charge in [-0.2, -0.15) is 0 Å².